The molecule has 0 spiro atoms. The summed E-state index contributed by atoms with van der Waals surface area (Å²) in [5, 5.41) is 3.90. The van der Waals surface area contributed by atoms with Gasteiger partial charge in [0.15, 0.2) is 0 Å². The van der Waals surface area contributed by atoms with Crippen molar-refractivity contribution in [3.05, 3.63) is 63.8 Å². The van der Waals surface area contributed by atoms with Crippen LogP contribution < -0.4 is 5.32 Å². The van der Waals surface area contributed by atoms with Crippen LogP contribution in [0, 0.1) is 6.92 Å². The topological polar surface area (TPSA) is 65.2 Å². The van der Waals surface area contributed by atoms with Crippen LogP contribution in [0.25, 0.3) is 10.9 Å². The van der Waals surface area contributed by atoms with Gasteiger partial charge >= 0.3 is 0 Å². The minimum Gasteiger partial charge on any atom is -0.350 e. The molecule has 0 aliphatic carbocycles. The standard InChI is InChI=1S/C21H20BrN3O2/c1-13-14(21(27)25-11-4-5-12-25)8-6-10-16(13)24-20(26)19-18(22)15-7-2-3-9-17(15)23-19/h2-3,6-10,23H,4-5,11-12H2,1H3,(H,24,26). The van der Waals surface area contributed by atoms with E-state index in [0.717, 1.165) is 46.9 Å². The van der Waals surface area contributed by atoms with E-state index in [-0.39, 0.29) is 11.8 Å². The highest BCUT2D eigenvalue weighted by molar-refractivity contribution is 9.10. The zero-order valence-corrected chi connectivity index (χ0v) is 16.6. The first kappa shape index (κ1) is 17.8. The number of nitrogens with one attached hydrogen (secondary N) is 2. The molecule has 1 aliphatic rings. The lowest BCUT2D eigenvalue weighted by Crippen LogP contribution is -2.28. The number of likely N-dealkylation sites (tertiary alicyclic amines) is 1. The molecule has 1 aromatic heterocycles. The summed E-state index contributed by atoms with van der Waals surface area (Å²) < 4.78 is 0.734. The highest BCUT2D eigenvalue weighted by Gasteiger charge is 2.23. The van der Waals surface area contributed by atoms with Gasteiger partial charge in [0, 0.05) is 35.2 Å². The number of aromatic amines is 1. The van der Waals surface area contributed by atoms with Gasteiger partial charge in [0.2, 0.25) is 0 Å². The normalized spacial score (nSPS) is 13.9. The predicted octanol–water partition coefficient (Wildman–Crippen LogP) is 4.73. The molecule has 2 heterocycles. The van der Waals surface area contributed by atoms with Crippen molar-refractivity contribution in [2.45, 2.75) is 19.8 Å². The molecule has 2 aromatic carbocycles. The maximum absolute atomic E-state index is 12.8. The molecule has 3 aromatic rings. The number of nitrogens with zero attached hydrogens (tertiary/aromatic N) is 1. The van der Waals surface area contributed by atoms with Crippen molar-refractivity contribution in [3.63, 3.8) is 0 Å². The van der Waals surface area contributed by atoms with Crippen LogP contribution >= 0.6 is 15.9 Å². The molecule has 138 valence electrons. The van der Waals surface area contributed by atoms with Gasteiger partial charge in [-0.05, 0) is 59.5 Å². The summed E-state index contributed by atoms with van der Waals surface area (Å²) in [5.74, 6) is -0.208. The third-order valence-corrected chi connectivity index (χ3v) is 5.90. The van der Waals surface area contributed by atoms with Crippen LogP contribution in [0.1, 0.15) is 39.3 Å². The van der Waals surface area contributed by atoms with Crippen LogP contribution in [0.3, 0.4) is 0 Å². The largest absolute Gasteiger partial charge is 0.350 e. The number of H-pyrrole nitrogens is 1. The van der Waals surface area contributed by atoms with Crippen LogP contribution in [0.4, 0.5) is 5.69 Å². The quantitative estimate of drug-likeness (QED) is 0.636. The summed E-state index contributed by atoms with van der Waals surface area (Å²) in [7, 11) is 0. The van der Waals surface area contributed by atoms with Gasteiger partial charge in [0.25, 0.3) is 11.8 Å². The number of fused-ring (bicyclic) bond motifs is 1. The predicted molar refractivity (Wildman–Crippen MR) is 110 cm³/mol. The van der Waals surface area contributed by atoms with E-state index in [9.17, 15) is 9.59 Å². The Morgan fingerprint density at radius 1 is 1.07 bits per heavy atom. The highest BCUT2D eigenvalue weighted by Crippen LogP contribution is 2.29. The maximum atomic E-state index is 12.8. The molecule has 1 aliphatic heterocycles. The van der Waals surface area contributed by atoms with Crippen molar-refractivity contribution >= 4 is 44.3 Å². The molecule has 2 amide bonds. The summed E-state index contributed by atoms with van der Waals surface area (Å²) in [5.41, 5.74) is 3.44. The lowest BCUT2D eigenvalue weighted by atomic mass is 10.1. The van der Waals surface area contributed by atoms with Gasteiger partial charge in [0.1, 0.15) is 5.69 Å². The van der Waals surface area contributed by atoms with Gasteiger partial charge in [-0.3, -0.25) is 9.59 Å². The van der Waals surface area contributed by atoms with E-state index in [1.54, 1.807) is 0 Å². The molecule has 5 nitrogen and oxygen atoms in total. The lowest BCUT2D eigenvalue weighted by molar-refractivity contribution is 0.0791. The molecule has 27 heavy (non-hydrogen) atoms. The number of benzene rings is 2. The zero-order valence-electron chi connectivity index (χ0n) is 15.0. The van der Waals surface area contributed by atoms with Crippen molar-refractivity contribution < 1.29 is 9.59 Å². The number of carbonyl (C=O) groups is 2. The Hall–Kier alpha value is -2.60. The van der Waals surface area contributed by atoms with Crippen LogP contribution in [-0.4, -0.2) is 34.8 Å². The number of hydrogen-bond donors (Lipinski definition) is 2. The number of aromatic nitrogens is 1. The zero-order chi connectivity index (χ0) is 19.0. The second kappa shape index (κ2) is 7.19. The van der Waals surface area contributed by atoms with E-state index < -0.39 is 0 Å². The number of halogens is 1. The molecule has 0 unspecified atom stereocenters. The fourth-order valence-electron chi connectivity index (χ4n) is 3.54. The first-order valence-electron chi connectivity index (χ1n) is 9.02. The molecular formula is C21H20BrN3O2. The second-order valence-electron chi connectivity index (χ2n) is 6.79. The summed E-state index contributed by atoms with van der Waals surface area (Å²) in [6, 6.07) is 13.2. The monoisotopic (exact) mass is 425 g/mol. The Labute approximate surface area is 165 Å². The first-order valence-corrected chi connectivity index (χ1v) is 9.82. The number of para-hydroxylation sites is 1. The summed E-state index contributed by atoms with van der Waals surface area (Å²) in [6.45, 7) is 3.48. The Morgan fingerprint density at radius 2 is 1.81 bits per heavy atom. The molecule has 0 saturated carbocycles. The van der Waals surface area contributed by atoms with Crippen LogP contribution in [-0.2, 0) is 0 Å². The number of rotatable bonds is 3. The fraction of sp³-hybridized carbons (Fsp3) is 0.238. The molecule has 2 N–H and O–H groups in total. The lowest BCUT2D eigenvalue weighted by Gasteiger charge is -2.18. The van der Waals surface area contributed by atoms with E-state index >= 15 is 0 Å². The second-order valence-corrected chi connectivity index (χ2v) is 7.58. The van der Waals surface area contributed by atoms with Crippen LogP contribution in [0.15, 0.2) is 46.9 Å². The first-order chi connectivity index (χ1) is 13.1. The van der Waals surface area contributed by atoms with Gasteiger partial charge in [0.05, 0.1) is 4.47 Å². The van der Waals surface area contributed by atoms with E-state index in [4.69, 9.17) is 0 Å². The Kier molecular flexibility index (Phi) is 4.74. The molecule has 0 bridgehead atoms. The molecule has 0 radical (unpaired) electrons. The smallest absolute Gasteiger partial charge is 0.273 e. The third kappa shape index (κ3) is 3.25. The van der Waals surface area contributed by atoms with Gasteiger partial charge in [-0.2, -0.15) is 0 Å². The Balaban J connectivity index is 1.62. The highest BCUT2D eigenvalue weighted by atomic mass is 79.9. The number of anilines is 1. The maximum Gasteiger partial charge on any atom is 0.273 e. The molecule has 4 rings (SSSR count). The minimum absolute atomic E-state index is 0.0351. The van der Waals surface area contributed by atoms with Gasteiger partial charge < -0.3 is 15.2 Å². The van der Waals surface area contributed by atoms with E-state index in [0.29, 0.717) is 16.9 Å². The summed E-state index contributed by atoms with van der Waals surface area (Å²) in [4.78, 5) is 30.6. The van der Waals surface area contributed by atoms with Crippen molar-refractivity contribution in [1.29, 1.82) is 0 Å². The Bertz CT molecular complexity index is 1040. The molecule has 0 atom stereocenters. The van der Waals surface area contributed by atoms with Gasteiger partial charge in [-0.1, -0.05) is 24.3 Å². The average molecular weight is 426 g/mol. The van der Waals surface area contributed by atoms with Crippen molar-refractivity contribution in [1.82, 2.24) is 9.88 Å². The van der Waals surface area contributed by atoms with E-state index in [1.807, 2.05) is 54.3 Å². The number of hydrogen-bond acceptors (Lipinski definition) is 2. The SMILES string of the molecule is Cc1c(NC(=O)c2[nH]c3ccccc3c2Br)cccc1C(=O)N1CCCC1. The van der Waals surface area contributed by atoms with Gasteiger partial charge in [-0.15, -0.1) is 0 Å². The van der Waals surface area contributed by atoms with E-state index in [2.05, 4.69) is 26.2 Å². The van der Waals surface area contributed by atoms with Crippen molar-refractivity contribution in [3.8, 4) is 0 Å². The number of amides is 2. The Morgan fingerprint density at radius 3 is 2.56 bits per heavy atom. The third-order valence-electron chi connectivity index (χ3n) is 5.08. The van der Waals surface area contributed by atoms with Crippen LogP contribution in [0.2, 0.25) is 0 Å². The molecule has 1 saturated heterocycles. The molecular weight excluding hydrogens is 406 g/mol. The fourth-order valence-corrected chi connectivity index (χ4v) is 4.17. The number of carbonyl (C=O) groups excluding carboxylic acids is 2. The summed E-state index contributed by atoms with van der Waals surface area (Å²) in [6.07, 6.45) is 2.10. The van der Waals surface area contributed by atoms with E-state index in [1.165, 1.54) is 0 Å². The van der Waals surface area contributed by atoms with Crippen molar-refractivity contribution in [2.75, 3.05) is 18.4 Å². The average Bonchev–Trinajstić information content (AvgIpc) is 3.32. The molecule has 6 heteroatoms. The minimum atomic E-state index is -0.244. The van der Waals surface area contributed by atoms with Crippen LogP contribution in [0.5, 0.6) is 0 Å². The van der Waals surface area contributed by atoms with Gasteiger partial charge in [-0.25, -0.2) is 0 Å². The molecule has 1 fully saturated rings. The summed E-state index contributed by atoms with van der Waals surface area (Å²) >= 11 is 3.51. The van der Waals surface area contributed by atoms with Crippen molar-refractivity contribution in [2.24, 2.45) is 0 Å².